The van der Waals surface area contributed by atoms with Crippen molar-refractivity contribution in [1.29, 1.82) is 0 Å². The lowest BCUT2D eigenvalue weighted by molar-refractivity contribution is 0.477. The fourth-order valence-electron chi connectivity index (χ4n) is 7.33. The minimum absolute atomic E-state index is 0.769. The van der Waals surface area contributed by atoms with Gasteiger partial charge in [-0.05, 0) is 97.1 Å². The molecule has 4 heterocycles. The van der Waals surface area contributed by atoms with Crippen LogP contribution in [0.5, 0.6) is 23.0 Å². The smallest absolute Gasteiger partial charge is 0.151 e. The molecule has 0 atom stereocenters. The van der Waals surface area contributed by atoms with Crippen molar-refractivity contribution in [3.8, 4) is 56.9 Å². The van der Waals surface area contributed by atoms with Crippen LogP contribution in [0.3, 0.4) is 0 Å². The van der Waals surface area contributed by atoms with Crippen molar-refractivity contribution in [2.75, 3.05) is 9.80 Å². The highest BCUT2D eigenvalue weighted by atomic mass is 16.5. The van der Waals surface area contributed by atoms with E-state index in [9.17, 15) is 0 Å². The Morgan fingerprint density at radius 3 is 0.964 bits per heavy atom. The largest absolute Gasteiger partial charge is 0.453 e. The Labute approximate surface area is 321 Å². The van der Waals surface area contributed by atoms with Gasteiger partial charge in [-0.3, -0.25) is 0 Å². The Morgan fingerprint density at radius 2 is 0.625 bits per heavy atom. The molecule has 7 aromatic carbocycles. The average molecular weight is 727 g/mol. The van der Waals surface area contributed by atoms with E-state index in [1.54, 1.807) is 9.36 Å². The van der Waals surface area contributed by atoms with E-state index in [1.165, 1.54) is 0 Å². The van der Waals surface area contributed by atoms with Gasteiger partial charge in [0.25, 0.3) is 0 Å². The maximum atomic E-state index is 6.18. The highest BCUT2D eigenvalue weighted by Gasteiger charge is 2.26. The standard InChI is InChI=1S/C46H30N8O2/c1-5-13-43-39(9-1)53(40-10-2-6-14-44(40)55-43)35-25-21-33(22-26-35)51-29-37(47-49-51)31-17-19-32(20-18-31)38-30-52(50-48-38)34-23-27-36(28-24-34)54-41-11-3-7-15-45(41)56-46-16-8-4-12-42(46)54/h1-30H. The van der Waals surface area contributed by atoms with Gasteiger partial charge >= 0.3 is 0 Å². The van der Waals surface area contributed by atoms with Gasteiger partial charge in [0.05, 0.1) is 46.5 Å². The number of para-hydroxylation sites is 8. The molecule has 2 aromatic heterocycles. The minimum Gasteiger partial charge on any atom is -0.453 e. The van der Waals surface area contributed by atoms with Crippen molar-refractivity contribution in [2.24, 2.45) is 0 Å². The van der Waals surface area contributed by atoms with E-state index in [4.69, 9.17) is 9.47 Å². The molecule has 11 rings (SSSR count). The molecule has 10 heteroatoms. The van der Waals surface area contributed by atoms with Crippen LogP contribution in [0.1, 0.15) is 0 Å². The molecule has 2 aliphatic heterocycles. The highest BCUT2D eigenvalue weighted by molar-refractivity contribution is 5.87. The van der Waals surface area contributed by atoms with Gasteiger partial charge in [-0.15, -0.1) is 10.2 Å². The molecule has 9 aromatic rings. The fourth-order valence-corrected chi connectivity index (χ4v) is 7.33. The van der Waals surface area contributed by atoms with Crippen LogP contribution in [0, 0.1) is 0 Å². The third-order valence-electron chi connectivity index (χ3n) is 10.1. The first-order valence-electron chi connectivity index (χ1n) is 18.2. The first-order chi connectivity index (χ1) is 27.7. The fraction of sp³-hybridized carbons (Fsp3) is 0. The van der Waals surface area contributed by atoms with Gasteiger partial charge in [-0.2, -0.15) is 0 Å². The Kier molecular flexibility index (Phi) is 7.24. The first kappa shape index (κ1) is 31.5. The van der Waals surface area contributed by atoms with Gasteiger partial charge in [-0.25, -0.2) is 9.36 Å². The second-order valence-electron chi connectivity index (χ2n) is 13.5. The first-order valence-corrected chi connectivity index (χ1v) is 18.2. The molecule has 0 aliphatic carbocycles. The summed E-state index contributed by atoms with van der Waals surface area (Å²) in [5.74, 6) is 3.28. The van der Waals surface area contributed by atoms with Crippen LogP contribution in [0.15, 0.2) is 182 Å². The molecule has 0 radical (unpaired) electrons. The van der Waals surface area contributed by atoms with E-state index in [1.807, 2.05) is 109 Å². The number of hydrogen-bond donors (Lipinski definition) is 0. The summed E-state index contributed by atoms with van der Waals surface area (Å²) in [5, 5.41) is 17.9. The maximum absolute atomic E-state index is 6.18. The number of aromatic nitrogens is 6. The molecule has 0 fully saturated rings. The third kappa shape index (κ3) is 5.35. The minimum atomic E-state index is 0.769. The molecule has 0 spiro atoms. The predicted molar refractivity (Wildman–Crippen MR) is 217 cm³/mol. The van der Waals surface area contributed by atoms with Crippen molar-refractivity contribution in [3.63, 3.8) is 0 Å². The number of fused-ring (bicyclic) bond motifs is 4. The lowest BCUT2D eigenvalue weighted by atomic mass is 10.1. The zero-order valence-corrected chi connectivity index (χ0v) is 29.7. The van der Waals surface area contributed by atoms with Crippen molar-refractivity contribution < 1.29 is 9.47 Å². The van der Waals surface area contributed by atoms with Crippen LogP contribution in [-0.2, 0) is 0 Å². The number of benzene rings is 7. The summed E-state index contributed by atoms with van der Waals surface area (Å²) in [7, 11) is 0. The third-order valence-corrected chi connectivity index (χ3v) is 10.1. The van der Waals surface area contributed by atoms with Gasteiger partial charge in [0.15, 0.2) is 23.0 Å². The average Bonchev–Trinajstić information content (AvgIpc) is 3.97. The van der Waals surface area contributed by atoms with Gasteiger partial charge in [-0.1, -0.05) is 83.2 Å². The molecular weight excluding hydrogens is 697 g/mol. The van der Waals surface area contributed by atoms with E-state index in [2.05, 4.69) is 103 Å². The Hall–Kier alpha value is -7.98. The highest BCUT2D eigenvalue weighted by Crippen LogP contribution is 2.51. The number of hydrogen-bond acceptors (Lipinski definition) is 8. The number of nitrogens with zero attached hydrogens (tertiary/aromatic N) is 8. The molecular formula is C46H30N8O2. The quantitative estimate of drug-likeness (QED) is 0.167. The van der Waals surface area contributed by atoms with Crippen molar-refractivity contribution in [1.82, 2.24) is 30.0 Å². The van der Waals surface area contributed by atoms with Crippen LogP contribution < -0.4 is 19.3 Å². The number of rotatable bonds is 6. The second kappa shape index (κ2) is 12.9. The molecule has 56 heavy (non-hydrogen) atoms. The van der Waals surface area contributed by atoms with Gasteiger partial charge in [0, 0.05) is 22.5 Å². The summed E-state index contributed by atoms with van der Waals surface area (Å²) >= 11 is 0. The molecule has 0 saturated heterocycles. The summed E-state index contributed by atoms with van der Waals surface area (Å²) in [5.41, 5.74) is 11.3. The van der Waals surface area contributed by atoms with Crippen LogP contribution in [-0.4, -0.2) is 30.0 Å². The lowest BCUT2D eigenvalue weighted by Crippen LogP contribution is -2.15. The molecule has 0 saturated carbocycles. The van der Waals surface area contributed by atoms with Crippen molar-refractivity contribution in [2.45, 2.75) is 0 Å². The summed E-state index contributed by atoms with van der Waals surface area (Å²) in [4.78, 5) is 4.43. The Morgan fingerprint density at radius 1 is 0.321 bits per heavy atom. The molecule has 266 valence electrons. The van der Waals surface area contributed by atoms with Gasteiger partial charge < -0.3 is 19.3 Å². The monoisotopic (exact) mass is 726 g/mol. The van der Waals surface area contributed by atoms with Gasteiger partial charge in [0.1, 0.15) is 11.4 Å². The summed E-state index contributed by atoms with van der Waals surface area (Å²) in [6.07, 6.45) is 3.88. The molecule has 0 bridgehead atoms. The van der Waals surface area contributed by atoms with E-state index < -0.39 is 0 Å². The summed E-state index contributed by atoms with van der Waals surface area (Å²) in [6.45, 7) is 0. The lowest BCUT2D eigenvalue weighted by Gasteiger charge is -2.32. The van der Waals surface area contributed by atoms with Crippen LogP contribution >= 0.6 is 0 Å². The molecule has 10 nitrogen and oxygen atoms in total. The van der Waals surface area contributed by atoms with E-state index >= 15 is 0 Å². The molecule has 0 N–H and O–H groups in total. The summed E-state index contributed by atoms with van der Waals surface area (Å²) in [6, 6.07) is 57.0. The topological polar surface area (TPSA) is 86.4 Å². The van der Waals surface area contributed by atoms with E-state index in [0.29, 0.717) is 0 Å². The maximum Gasteiger partial charge on any atom is 0.151 e. The van der Waals surface area contributed by atoms with E-state index in [0.717, 1.165) is 91.0 Å². The van der Waals surface area contributed by atoms with Gasteiger partial charge in [0.2, 0.25) is 0 Å². The molecule has 0 amide bonds. The second-order valence-corrected chi connectivity index (χ2v) is 13.5. The number of ether oxygens (including phenoxy) is 2. The zero-order chi connectivity index (χ0) is 37.0. The van der Waals surface area contributed by atoms with Crippen molar-refractivity contribution >= 4 is 34.1 Å². The van der Waals surface area contributed by atoms with Crippen LogP contribution in [0.25, 0.3) is 33.9 Å². The molecule has 0 unspecified atom stereocenters. The number of anilines is 6. The van der Waals surface area contributed by atoms with Crippen LogP contribution in [0.2, 0.25) is 0 Å². The zero-order valence-electron chi connectivity index (χ0n) is 29.7. The Balaban J connectivity index is 0.805. The van der Waals surface area contributed by atoms with E-state index in [-0.39, 0.29) is 0 Å². The molecule has 2 aliphatic rings. The van der Waals surface area contributed by atoms with Crippen LogP contribution in [0.4, 0.5) is 34.1 Å². The SMILES string of the molecule is c1ccc2c(c1)Oc1ccccc1N2c1ccc(-n2cc(-c3ccc(-c4cn(-c5ccc(N6c7ccccc7Oc7ccccc76)cc5)nn4)cc3)nn2)cc1. The summed E-state index contributed by atoms with van der Waals surface area (Å²) < 4.78 is 15.9. The van der Waals surface area contributed by atoms with Crippen molar-refractivity contribution in [3.05, 3.63) is 182 Å². The Bertz CT molecular complexity index is 2590. The normalized spacial score (nSPS) is 12.5. The predicted octanol–water partition coefficient (Wildman–Crippen LogP) is 11.3.